The number of aliphatic hydroxyl groups is 3. The molecule has 0 rings (SSSR count). The summed E-state index contributed by atoms with van der Waals surface area (Å²) in [5, 5.41) is 27.4. The Morgan fingerprint density at radius 1 is 0.553 bits per heavy atom. The molecule has 0 atom stereocenters. The average molecular weight is 553 g/mol. The monoisotopic (exact) mass is 552 g/mol. The molecular weight excluding hydrogens is 490 g/mol. The van der Waals surface area contributed by atoms with Crippen molar-refractivity contribution in [3.05, 3.63) is 12.2 Å². The molecule has 0 aliphatic carbocycles. The smallest absolute Gasteiger partial charge is 0.222 e. The van der Waals surface area contributed by atoms with E-state index in [2.05, 4.69) is 24.0 Å². The van der Waals surface area contributed by atoms with Gasteiger partial charge < -0.3 is 25.1 Å². The molecule has 6 nitrogen and oxygen atoms in total. The highest BCUT2D eigenvalue weighted by atomic mass is 19.0. The third-order valence-electron chi connectivity index (χ3n) is 6.76. The van der Waals surface area contributed by atoms with Gasteiger partial charge >= 0.3 is 0 Å². The number of nitrogens with zero attached hydrogens (tertiary/aromatic N) is 2. The van der Waals surface area contributed by atoms with Gasteiger partial charge in [-0.3, -0.25) is 14.2 Å². The fourth-order valence-electron chi connectivity index (χ4n) is 4.54. The maximum Gasteiger partial charge on any atom is 0.222 e. The molecule has 0 bridgehead atoms. The zero-order chi connectivity index (χ0) is 26.5. The molecule has 1 amide bonds. The topological polar surface area (TPSA) is 84.2 Å². The Morgan fingerprint density at radius 2 is 0.974 bits per heavy atom. The molecule has 0 aliphatic rings. The van der Waals surface area contributed by atoms with E-state index in [1.807, 2.05) is 4.90 Å². The number of allylic oxidation sites excluding steroid dienone is 2. The van der Waals surface area contributed by atoms with E-state index in [1.165, 1.54) is 70.6 Å². The van der Waals surface area contributed by atoms with Crippen molar-refractivity contribution in [2.24, 2.45) is 0 Å². The molecule has 0 aromatic heterocycles. The summed E-state index contributed by atoms with van der Waals surface area (Å²) in [5.74, 6) is 0.207. The SMILES string of the molecule is CCCCCCCCC=CCCCCCCCC(=O)N(CCCO)CCCN(CCCO)CCCO.F.F. The highest BCUT2D eigenvalue weighted by Crippen LogP contribution is 2.11. The van der Waals surface area contributed by atoms with E-state index in [9.17, 15) is 9.90 Å². The fraction of sp³-hybridized carbons (Fsp3) is 0.900. The van der Waals surface area contributed by atoms with E-state index >= 15 is 0 Å². The summed E-state index contributed by atoms with van der Waals surface area (Å²) in [6.45, 7) is 6.53. The fourth-order valence-corrected chi connectivity index (χ4v) is 4.54. The molecule has 0 fully saturated rings. The molecule has 0 spiro atoms. The summed E-state index contributed by atoms with van der Waals surface area (Å²) in [7, 11) is 0. The highest BCUT2D eigenvalue weighted by molar-refractivity contribution is 5.76. The summed E-state index contributed by atoms with van der Waals surface area (Å²) < 4.78 is 0. The van der Waals surface area contributed by atoms with Crippen molar-refractivity contribution in [2.45, 2.75) is 122 Å². The van der Waals surface area contributed by atoms with Gasteiger partial charge in [-0.15, -0.1) is 0 Å². The van der Waals surface area contributed by atoms with Crippen LogP contribution in [0.1, 0.15) is 122 Å². The largest absolute Gasteiger partial charge is 0.396 e. The van der Waals surface area contributed by atoms with Crippen molar-refractivity contribution in [2.75, 3.05) is 52.5 Å². The van der Waals surface area contributed by atoms with Crippen LogP contribution in [0.3, 0.4) is 0 Å². The van der Waals surface area contributed by atoms with E-state index in [0.717, 1.165) is 51.7 Å². The maximum atomic E-state index is 12.8. The van der Waals surface area contributed by atoms with Crippen LogP contribution >= 0.6 is 0 Å². The molecule has 230 valence electrons. The Hall–Kier alpha value is -1.09. The van der Waals surface area contributed by atoms with Crippen LogP contribution in [0, 0.1) is 0 Å². The van der Waals surface area contributed by atoms with Crippen molar-refractivity contribution in [3.63, 3.8) is 0 Å². The summed E-state index contributed by atoms with van der Waals surface area (Å²) >= 11 is 0. The van der Waals surface area contributed by atoms with Gasteiger partial charge in [0.1, 0.15) is 0 Å². The van der Waals surface area contributed by atoms with Crippen LogP contribution in [0.25, 0.3) is 0 Å². The van der Waals surface area contributed by atoms with Crippen LogP contribution in [-0.2, 0) is 4.79 Å². The zero-order valence-corrected chi connectivity index (χ0v) is 24.5. The first-order chi connectivity index (χ1) is 17.7. The summed E-state index contributed by atoms with van der Waals surface area (Å²) in [6, 6.07) is 0. The Morgan fingerprint density at radius 3 is 1.50 bits per heavy atom. The van der Waals surface area contributed by atoms with E-state index in [4.69, 9.17) is 10.2 Å². The van der Waals surface area contributed by atoms with Gasteiger partial charge in [-0.25, -0.2) is 0 Å². The summed E-state index contributed by atoms with van der Waals surface area (Å²) in [5.41, 5.74) is 0. The Kier molecular flexibility index (Phi) is 37.0. The molecule has 38 heavy (non-hydrogen) atoms. The predicted octanol–water partition coefficient (Wildman–Crippen LogP) is 6.00. The minimum Gasteiger partial charge on any atom is -0.396 e. The number of carbonyl (C=O) groups excluding carboxylic acids is 1. The predicted molar refractivity (Wildman–Crippen MR) is 157 cm³/mol. The highest BCUT2D eigenvalue weighted by Gasteiger charge is 2.13. The second-order valence-corrected chi connectivity index (χ2v) is 10.1. The van der Waals surface area contributed by atoms with Crippen molar-refractivity contribution >= 4 is 5.91 Å². The first-order valence-corrected chi connectivity index (χ1v) is 15.2. The molecule has 0 heterocycles. The molecule has 0 saturated carbocycles. The van der Waals surface area contributed by atoms with E-state index in [1.54, 1.807) is 0 Å². The number of amides is 1. The minimum absolute atomic E-state index is 0. The Bertz CT molecular complexity index is 491. The van der Waals surface area contributed by atoms with Gasteiger partial charge in [0.2, 0.25) is 5.91 Å². The number of hydrogen-bond donors (Lipinski definition) is 3. The van der Waals surface area contributed by atoms with Gasteiger partial charge in [0.25, 0.3) is 0 Å². The molecule has 0 radical (unpaired) electrons. The lowest BCUT2D eigenvalue weighted by molar-refractivity contribution is -0.131. The molecule has 0 aromatic carbocycles. The number of unbranched alkanes of at least 4 members (excludes halogenated alkanes) is 11. The lowest BCUT2D eigenvalue weighted by Gasteiger charge is -2.26. The van der Waals surface area contributed by atoms with Gasteiger partial charge in [-0.1, -0.05) is 70.4 Å². The molecule has 0 saturated heterocycles. The average Bonchev–Trinajstić information content (AvgIpc) is 2.89. The third-order valence-corrected chi connectivity index (χ3v) is 6.76. The number of halogens is 2. The quantitative estimate of drug-likeness (QED) is 0.0819. The number of aliphatic hydroxyl groups excluding tert-OH is 3. The van der Waals surface area contributed by atoms with Crippen LogP contribution in [-0.4, -0.2) is 83.6 Å². The van der Waals surface area contributed by atoms with Gasteiger partial charge in [0.15, 0.2) is 0 Å². The lowest BCUT2D eigenvalue weighted by Crippen LogP contribution is -2.36. The first kappa shape index (κ1) is 41.4. The molecule has 8 heteroatoms. The maximum absolute atomic E-state index is 12.8. The van der Waals surface area contributed by atoms with E-state index < -0.39 is 0 Å². The van der Waals surface area contributed by atoms with Crippen molar-refractivity contribution in [1.82, 2.24) is 9.80 Å². The van der Waals surface area contributed by atoms with Crippen LogP contribution in [0.5, 0.6) is 0 Å². The minimum atomic E-state index is 0. The summed E-state index contributed by atoms with van der Waals surface area (Å²) in [6.07, 6.45) is 24.6. The number of carbonyl (C=O) groups is 1. The lowest BCUT2D eigenvalue weighted by atomic mass is 10.1. The molecule has 0 unspecified atom stereocenters. The molecular formula is C30H62F2N2O4. The number of hydrogen-bond acceptors (Lipinski definition) is 5. The summed E-state index contributed by atoms with van der Waals surface area (Å²) in [4.78, 5) is 16.9. The van der Waals surface area contributed by atoms with Crippen LogP contribution < -0.4 is 0 Å². The second-order valence-electron chi connectivity index (χ2n) is 10.1. The van der Waals surface area contributed by atoms with Gasteiger partial charge in [0, 0.05) is 52.4 Å². The Labute approximate surface area is 232 Å². The standard InChI is InChI=1S/C30H60N2O4.2FH/c1-2-3-4-5-6-7-8-9-10-11-12-13-14-15-16-21-30(36)32(26-20-29-35)25-17-22-31(23-18-27-33)24-19-28-34;;/h9-10,33-35H,2-8,11-29H2,1H3;2*1H. The molecule has 3 N–H and O–H groups in total. The molecule has 0 aromatic rings. The van der Waals surface area contributed by atoms with Crippen LogP contribution in [0.4, 0.5) is 9.41 Å². The molecule has 0 aliphatic heterocycles. The van der Waals surface area contributed by atoms with Gasteiger partial charge in [0.05, 0.1) is 0 Å². The van der Waals surface area contributed by atoms with Gasteiger partial charge in [-0.2, -0.15) is 0 Å². The van der Waals surface area contributed by atoms with Crippen LogP contribution in [0.15, 0.2) is 12.2 Å². The third kappa shape index (κ3) is 27.9. The normalized spacial score (nSPS) is 11.1. The van der Waals surface area contributed by atoms with Crippen LogP contribution in [0.2, 0.25) is 0 Å². The van der Waals surface area contributed by atoms with Crippen molar-refractivity contribution in [3.8, 4) is 0 Å². The first-order valence-electron chi connectivity index (χ1n) is 15.2. The number of rotatable bonds is 28. The van der Waals surface area contributed by atoms with Crippen molar-refractivity contribution < 1.29 is 29.5 Å². The van der Waals surface area contributed by atoms with Gasteiger partial charge in [-0.05, 0) is 64.3 Å². The second kappa shape index (κ2) is 33.9. The van der Waals surface area contributed by atoms with E-state index in [0.29, 0.717) is 25.9 Å². The Balaban J connectivity index is -0.00000612. The van der Waals surface area contributed by atoms with Crippen molar-refractivity contribution in [1.29, 1.82) is 0 Å². The zero-order valence-electron chi connectivity index (χ0n) is 24.5. The van der Waals surface area contributed by atoms with E-state index in [-0.39, 0.29) is 35.1 Å².